The van der Waals surface area contributed by atoms with Gasteiger partial charge in [0.05, 0.1) is 0 Å². The smallest absolute Gasteiger partial charge is 0.170 e. The highest BCUT2D eigenvalue weighted by molar-refractivity contribution is 8.00. The van der Waals surface area contributed by atoms with E-state index in [-0.39, 0.29) is 0 Å². The van der Waals surface area contributed by atoms with Gasteiger partial charge in [-0.2, -0.15) is 4.37 Å². The van der Waals surface area contributed by atoms with E-state index in [4.69, 9.17) is 0 Å². The Morgan fingerprint density at radius 1 is 1.37 bits per heavy atom. The van der Waals surface area contributed by atoms with E-state index in [9.17, 15) is 0 Å². The number of rotatable bonds is 6. The van der Waals surface area contributed by atoms with E-state index in [1.54, 1.807) is 11.8 Å². The van der Waals surface area contributed by atoms with Crippen LogP contribution in [0.25, 0.3) is 0 Å². The molecule has 1 N–H and O–H groups in total. The summed E-state index contributed by atoms with van der Waals surface area (Å²) < 4.78 is 5.27. The van der Waals surface area contributed by atoms with Crippen molar-refractivity contribution in [2.24, 2.45) is 0 Å². The van der Waals surface area contributed by atoms with E-state index in [0.717, 1.165) is 22.5 Å². The van der Waals surface area contributed by atoms with Crippen molar-refractivity contribution in [1.29, 1.82) is 0 Å². The fraction of sp³-hybridized carbons (Fsp3) is 0.429. The predicted molar refractivity (Wildman–Crippen MR) is 83.0 cm³/mol. The summed E-state index contributed by atoms with van der Waals surface area (Å²) in [5.74, 6) is 1.84. The summed E-state index contributed by atoms with van der Waals surface area (Å²) in [7, 11) is 0. The van der Waals surface area contributed by atoms with E-state index in [1.165, 1.54) is 22.7 Å². The van der Waals surface area contributed by atoms with Gasteiger partial charge in [0.15, 0.2) is 4.34 Å². The quantitative estimate of drug-likeness (QED) is 0.826. The lowest BCUT2D eigenvalue weighted by Crippen LogP contribution is -2.23. The van der Waals surface area contributed by atoms with Crippen LogP contribution in [0.2, 0.25) is 0 Å². The van der Waals surface area contributed by atoms with Crippen molar-refractivity contribution in [2.75, 3.05) is 12.3 Å². The van der Waals surface area contributed by atoms with E-state index in [1.807, 2.05) is 6.92 Å². The van der Waals surface area contributed by atoms with Gasteiger partial charge in [-0.25, -0.2) is 4.98 Å². The molecule has 0 spiro atoms. The van der Waals surface area contributed by atoms with Gasteiger partial charge in [0.25, 0.3) is 0 Å². The van der Waals surface area contributed by atoms with Gasteiger partial charge in [-0.1, -0.05) is 48.5 Å². The minimum Gasteiger partial charge on any atom is -0.309 e. The summed E-state index contributed by atoms with van der Waals surface area (Å²) in [5, 5.41) is 3.54. The first-order valence-corrected chi connectivity index (χ1v) is 8.18. The second-order valence-corrected chi connectivity index (χ2v) is 6.46. The first-order chi connectivity index (χ1) is 9.19. The Hall–Kier alpha value is -0.910. The standard InChI is InChI=1S/C14H19N3S2/c1-4-15-13(12-7-5-6-10(2)8-12)9-18-14-16-11(3)17-19-14/h5-8,13,15H,4,9H2,1-3H3. The molecule has 0 aliphatic heterocycles. The minimum absolute atomic E-state index is 0.360. The summed E-state index contributed by atoms with van der Waals surface area (Å²) in [4.78, 5) is 4.40. The maximum atomic E-state index is 4.40. The van der Waals surface area contributed by atoms with E-state index >= 15 is 0 Å². The molecule has 3 nitrogen and oxygen atoms in total. The predicted octanol–water partition coefficient (Wildman–Crippen LogP) is 3.60. The number of aryl methyl sites for hydroxylation is 2. The summed E-state index contributed by atoms with van der Waals surface area (Å²) in [6, 6.07) is 9.05. The van der Waals surface area contributed by atoms with Crippen LogP contribution < -0.4 is 5.32 Å². The number of aromatic nitrogens is 2. The van der Waals surface area contributed by atoms with Crippen LogP contribution in [0.15, 0.2) is 28.6 Å². The van der Waals surface area contributed by atoms with Gasteiger partial charge in [0.1, 0.15) is 5.82 Å². The van der Waals surface area contributed by atoms with Gasteiger partial charge < -0.3 is 5.32 Å². The zero-order valence-corrected chi connectivity index (χ0v) is 13.1. The Morgan fingerprint density at radius 3 is 2.84 bits per heavy atom. The summed E-state index contributed by atoms with van der Waals surface area (Å²) >= 11 is 3.25. The fourth-order valence-electron chi connectivity index (χ4n) is 1.90. The van der Waals surface area contributed by atoms with Crippen LogP contribution in [0, 0.1) is 13.8 Å². The third-order valence-electron chi connectivity index (χ3n) is 2.78. The molecule has 0 aliphatic carbocycles. The molecule has 1 unspecified atom stereocenters. The van der Waals surface area contributed by atoms with Crippen molar-refractivity contribution < 1.29 is 0 Å². The number of hydrogen-bond acceptors (Lipinski definition) is 5. The average Bonchev–Trinajstić information content (AvgIpc) is 2.80. The molecule has 0 aliphatic rings. The Bertz CT molecular complexity index is 525. The van der Waals surface area contributed by atoms with Gasteiger partial charge in [-0.3, -0.25) is 0 Å². The lowest BCUT2D eigenvalue weighted by Gasteiger charge is -2.17. The van der Waals surface area contributed by atoms with E-state index in [0.29, 0.717) is 6.04 Å². The first kappa shape index (κ1) is 14.5. The molecule has 5 heteroatoms. The minimum atomic E-state index is 0.360. The number of hydrogen-bond donors (Lipinski definition) is 1. The second kappa shape index (κ2) is 7.03. The van der Waals surface area contributed by atoms with Crippen molar-refractivity contribution in [3.05, 3.63) is 41.2 Å². The molecular formula is C14H19N3S2. The number of nitrogens with one attached hydrogen (secondary N) is 1. The van der Waals surface area contributed by atoms with Gasteiger partial charge in [-0.15, -0.1) is 0 Å². The van der Waals surface area contributed by atoms with Crippen molar-refractivity contribution in [3.8, 4) is 0 Å². The van der Waals surface area contributed by atoms with Crippen LogP contribution >= 0.6 is 23.3 Å². The van der Waals surface area contributed by atoms with Crippen molar-refractivity contribution >= 4 is 23.3 Å². The highest BCUT2D eigenvalue weighted by atomic mass is 32.2. The molecule has 0 radical (unpaired) electrons. The van der Waals surface area contributed by atoms with Crippen LogP contribution in [0.4, 0.5) is 0 Å². The Morgan fingerprint density at radius 2 is 2.21 bits per heavy atom. The average molecular weight is 293 g/mol. The summed E-state index contributed by atoms with van der Waals surface area (Å²) in [6.45, 7) is 7.17. The van der Waals surface area contributed by atoms with Gasteiger partial charge in [0.2, 0.25) is 0 Å². The highest BCUT2D eigenvalue weighted by Gasteiger charge is 2.12. The maximum absolute atomic E-state index is 4.40. The monoisotopic (exact) mass is 293 g/mol. The maximum Gasteiger partial charge on any atom is 0.170 e. The molecule has 1 aromatic carbocycles. The molecule has 0 saturated carbocycles. The highest BCUT2D eigenvalue weighted by Crippen LogP contribution is 2.26. The van der Waals surface area contributed by atoms with Crippen molar-refractivity contribution in [2.45, 2.75) is 31.2 Å². The molecule has 1 aromatic heterocycles. The third kappa shape index (κ3) is 4.30. The molecule has 0 amide bonds. The van der Waals surface area contributed by atoms with Crippen LogP contribution in [0.1, 0.15) is 29.9 Å². The zero-order valence-electron chi connectivity index (χ0n) is 11.5. The third-order valence-corrected chi connectivity index (χ3v) is 4.80. The van der Waals surface area contributed by atoms with Gasteiger partial charge in [0, 0.05) is 11.8 Å². The molecule has 2 rings (SSSR count). The molecule has 0 fully saturated rings. The largest absolute Gasteiger partial charge is 0.309 e. The zero-order chi connectivity index (χ0) is 13.7. The normalized spacial score (nSPS) is 12.6. The van der Waals surface area contributed by atoms with E-state index < -0.39 is 0 Å². The van der Waals surface area contributed by atoms with Crippen LogP contribution in [0.3, 0.4) is 0 Å². The van der Waals surface area contributed by atoms with Crippen molar-refractivity contribution in [1.82, 2.24) is 14.7 Å². The molecule has 0 bridgehead atoms. The number of benzene rings is 1. The van der Waals surface area contributed by atoms with Gasteiger partial charge >= 0.3 is 0 Å². The summed E-state index contributed by atoms with van der Waals surface area (Å²) in [6.07, 6.45) is 0. The SMILES string of the molecule is CCNC(CSc1nc(C)ns1)c1cccc(C)c1. The molecular weight excluding hydrogens is 274 g/mol. The second-order valence-electron chi connectivity index (χ2n) is 4.44. The molecule has 2 aromatic rings. The number of thioether (sulfide) groups is 1. The van der Waals surface area contributed by atoms with Crippen molar-refractivity contribution in [3.63, 3.8) is 0 Å². The Kier molecular flexibility index (Phi) is 5.36. The lowest BCUT2D eigenvalue weighted by molar-refractivity contribution is 0.605. The number of nitrogens with zero attached hydrogens (tertiary/aromatic N) is 2. The molecule has 102 valence electrons. The van der Waals surface area contributed by atoms with E-state index in [2.05, 4.69) is 52.8 Å². The molecule has 1 atom stereocenters. The van der Waals surface area contributed by atoms with Crippen LogP contribution in [-0.4, -0.2) is 21.7 Å². The molecule has 19 heavy (non-hydrogen) atoms. The topological polar surface area (TPSA) is 37.8 Å². The first-order valence-electron chi connectivity index (χ1n) is 6.42. The molecule has 0 saturated heterocycles. The Balaban J connectivity index is 2.03. The van der Waals surface area contributed by atoms with Crippen LogP contribution in [0.5, 0.6) is 0 Å². The Labute approximate surface area is 123 Å². The lowest BCUT2D eigenvalue weighted by atomic mass is 10.1. The molecule has 1 heterocycles. The summed E-state index contributed by atoms with van der Waals surface area (Å²) in [5.41, 5.74) is 2.65. The van der Waals surface area contributed by atoms with Crippen LogP contribution in [-0.2, 0) is 0 Å². The van der Waals surface area contributed by atoms with Gasteiger partial charge in [-0.05, 0) is 37.5 Å². The fourth-order valence-corrected chi connectivity index (χ4v) is 3.66.